The third-order valence-corrected chi connectivity index (χ3v) is 1.60. The second-order valence-electron chi connectivity index (χ2n) is 2.78. The predicted molar refractivity (Wildman–Crippen MR) is 79.3 cm³/mol. The summed E-state index contributed by atoms with van der Waals surface area (Å²) in [5.41, 5.74) is 6.59. The van der Waals surface area contributed by atoms with E-state index < -0.39 is 0 Å². The molecule has 104 valence electrons. The van der Waals surface area contributed by atoms with E-state index in [1.54, 1.807) is 0 Å². The van der Waals surface area contributed by atoms with Crippen LogP contribution in [0.5, 0.6) is 0 Å². The van der Waals surface area contributed by atoms with Gasteiger partial charge in [0.25, 0.3) is 0 Å². The predicted octanol–water partition coefficient (Wildman–Crippen LogP) is 4.01. The zero-order valence-corrected chi connectivity index (χ0v) is 13.0. The molecule has 0 spiro atoms. The van der Waals surface area contributed by atoms with Gasteiger partial charge in [-0.05, 0) is 31.9 Å². The van der Waals surface area contributed by atoms with Crippen LogP contribution >= 0.6 is 0 Å². The van der Waals surface area contributed by atoms with Gasteiger partial charge in [0.1, 0.15) is 0 Å². The van der Waals surface area contributed by atoms with Gasteiger partial charge in [-0.3, -0.25) is 4.68 Å². The van der Waals surface area contributed by atoms with E-state index in [0.29, 0.717) is 0 Å². The molecule has 3 nitrogen and oxygen atoms in total. The van der Waals surface area contributed by atoms with Gasteiger partial charge in [0, 0.05) is 12.7 Å². The smallest absolute Gasteiger partial charge is 0.0518 e. The molecule has 1 aromatic heterocycles. The van der Waals surface area contributed by atoms with Crippen LogP contribution in [-0.2, 0) is 6.54 Å². The number of aromatic nitrogens is 2. The Morgan fingerprint density at radius 2 is 1.59 bits per heavy atom. The molecule has 1 aromatic rings. The van der Waals surface area contributed by atoms with Crippen molar-refractivity contribution in [2.45, 2.75) is 67.9 Å². The highest BCUT2D eigenvalue weighted by atomic mass is 15.3. The van der Waals surface area contributed by atoms with Crippen LogP contribution in [0.25, 0.3) is 0 Å². The summed E-state index contributed by atoms with van der Waals surface area (Å²) in [6.07, 6.45) is 6.13. The Balaban J connectivity index is -0.000000285. The highest BCUT2D eigenvalue weighted by Crippen LogP contribution is 1.96. The lowest BCUT2D eigenvalue weighted by molar-refractivity contribution is 0.561. The summed E-state index contributed by atoms with van der Waals surface area (Å²) in [6.45, 7) is 15.8. The largest absolute Gasteiger partial charge is 0.330 e. The van der Waals surface area contributed by atoms with Crippen LogP contribution < -0.4 is 5.73 Å². The van der Waals surface area contributed by atoms with Crippen molar-refractivity contribution >= 4 is 0 Å². The zero-order chi connectivity index (χ0) is 14.1. The normalized spacial score (nSPS) is 7.76. The molecule has 1 rings (SSSR count). The van der Waals surface area contributed by atoms with Crippen LogP contribution in [0.3, 0.4) is 0 Å². The van der Waals surface area contributed by atoms with E-state index in [1.165, 1.54) is 5.56 Å². The fourth-order valence-electron chi connectivity index (χ4n) is 1.01. The van der Waals surface area contributed by atoms with Crippen molar-refractivity contribution in [3.63, 3.8) is 0 Å². The van der Waals surface area contributed by atoms with E-state index in [4.69, 9.17) is 5.73 Å². The van der Waals surface area contributed by atoms with E-state index in [9.17, 15) is 0 Å². The monoisotopic (exact) mass is 243 g/mol. The van der Waals surface area contributed by atoms with Crippen molar-refractivity contribution in [1.29, 1.82) is 0 Å². The van der Waals surface area contributed by atoms with Gasteiger partial charge in [0.2, 0.25) is 0 Å². The molecule has 0 saturated carbocycles. The summed E-state index contributed by atoms with van der Waals surface area (Å²) >= 11 is 0. The minimum Gasteiger partial charge on any atom is -0.330 e. The van der Waals surface area contributed by atoms with Gasteiger partial charge in [-0.1, -0.05) is 41.5 Å². The van der Waals surface area contributed by atoms with E-state index in [2.05, 4.69) is 11.3 Å². The molecule has 0 atom stereocenters. The molecule has 0 fully saturated rings. The topological polar surface area (TPSA) is 43.8 Å². The first-order chi connectivity index (χ1) is 8.33. The molecule has 0 bridgehead atoms. The van der Waals surface area contributed by atoms with Gasteiger partial charge in [-0.2, -0.15) is 5.10 Å². The lowest BCUT2D eigenvalue weighted by Gasteiger charge is -1.98. The molecule has 0 aliphatic rings. The number of rotatable bonds is 4. The number of aryl methyl sites for hydroxylation is 2. The number of nitrogens with two attached hydrogens (primary N) is 1. The number of unbranched alkanes of at least 4 members (excludes halogenated alkanes) is 1. The highest BCUT2D eigenvalue weighted by molar-refractivity contribution is 4.99. The Bertz CT molecular complexity index is 207. The Kier molecular flexibility index (Phi) is 26.0. The Hall–Kier alpha value is -0.830. The van der Waals surface area contributed by atoms with Crippen LogP contribution in [0.4, 0.5) is 0 Å². The molecular formula is C14H33N3. The summed E-state index contributed by atoms with van der Waals surface area (Å²) in [5.74, 6) is 0. The van der Waals surface area contributed by atoms with Crippen LogP contribution in [0.1, 0.15) is 59.9 Å². The van der Waals surface area contributed by atoms with Crippen LogP contribution in [0.15, 0.2) is 12.4 Å². The lowest BCUT2D eigenvalue weighted by atomic mass is 10.3. The van der Waals surface area contributed by atoms with Gasteiger partial charge in [-0.25, -0.2) is 0 Å². The lowest BCUT2D eigenvalue weighted by Crippen LogP contribution is -2.03. The molecule has 2 N–H and O–H groups in total. The van der Waals surface area contributed by atoms with Crippen molar-refractivity contribution in [2.75, 3.05) is 6.54 Å². The minimum absolute atomic E-state index is 0.778. The Morgan fingerprint density at radius 1 is 1.06 bits per heavy atom. The number of nitrogens with zero attached hydrogens (tertiary/aromatic N) is 2. The summed E-state index contributed by atoms with van der Waals surface area (Å²) in [6, 6.07) is 0. The molecule has 0 aliphatic heterocycles. The highest BCUT2D eigenvalue weighted by Gasteiger charge is 1.92. The van der Waals surface area contributed by atoms with Crippen molar-refractivity contribution in [2.24, 2.45) is 5.73 Å². The van der Waals surface area contributed by atoms with Gasteiger partial charge in [-0.15, -0.1) is 0 Å². The van der Waals surface area contributed by atoms with Crippen LogP contribution in [0.2, 0.25) is 0 Å². The van der Waals surface area contributed by atoms with Gasteiger partial charge in [0.15, 0.2) is 0 Å². The standard InChI is InChI=1S/C8H15N3.3C2H6/c1-8-6-10-11(7-8)5-3-2-4-9;3*1-2/h6-7H,2-5,9H2,1H3;3*1-2H3. The summed E-state index contributed by atoms with van der Waals surface area (Å²) in [5, 5.41) is 4.16. The molecule has 1 heterocycles. The molecule has 0 amide bonds. The van der Waals surface area contributed by atoms with Crippen LogP contribution in [-0.4, -0.2) is 16.3 Å². The van der Waals surface area contributed by atoms with E-state index in [0.717, 1.165) is 25.9 Å². The maximum atomic E-state index is 5.37. The maximum Gasteiger partial charge on any atom is 0.0518 e. The molecule has 0 aromatic carbocycles. The van der Waals surface area contributed by atoms with E-state index in [1.807, 2.05) is 59.3 Å². The first-order valence-electron chi connectivity index (χ1n) is 7.02. The summed E-state index contributed by atoms with van der Waals surface area (Å²) in [7, 11) is 0. The second kappa shape index (κ2) is 20.6. The number of hydrogen-bond donors (Lipinski definition) is 1. The maximum absolute atomic E-state index is 5.37. The number of hydrogen-bond acceptors (Lipinski definition) is 2. The quantitative estimate of drug-likeness (QED) is 0.812. The molecule has 3 heteroatoms. The van der Waals surface area contributed by atoms with E-state index in [-0.39, 0.29) is 0 Å². The first-order valence-corrected chi connectivity index (χ1v) is 7.02. The fourth-order valence-corrected chi connectivity index (χ4v) is 1.01. The van der Waals surface area contributed by atoms with Crippen LogP contribution in [0, 0.1) is 6.92 Å². The van der Waals surface area contributed by atoms with Gasteiger partial charge < -0.3 is 5.73 Å². The minimum atomic E-state index is 0.778. The molecule has 0 saturated heterocycles. The summed E-state index contributed by atoms with van der Waals surface area (Å²) in [4.78, 5) is 0. The Morgan fingerprint density at radius 3 is 1.94 bits per heavy atom. The van der Waals surface area contributed by atoms with E-state index >= 15 is 0 Å². The molecule has 17 heavy (non-hydrogen) atoms. The fraction of sp³-hybridized carbons (Fsp3) is 0.786. The third-order valence-electron chi connectivity index (χ3n) is 1.60. The molecule has 0 aliphatic carbocycles. The van der Waals surface area contributed by atoms with Crippen molar-refractivity contribution in [1.82, 2.24) is 9.78 Å². The van der Waals surface area contributed by atoms with Crippen molar-refractivity contribution in [3.05, 3.63) is 18.0 Å². The van der Waals surface area contributed by atoms with Crippen molar-refractivity contribution < 1.29 is 0 Å². The third kappa shape index (κ3) is 15.2. The molecule has 0 unspecified atom stereocenters. The second-order valence-corrected chi connectivity index (χ2v) is 2.78. The molecular weight excluding hydrogens is 210 g/mol. The Labute approximate surface area is 108 Å². The first kappa shape index (κ1) is 21.5. The van der Waals surface area contributed by atoms with Gasteiger partial charge >= 0.3 is 0 Å². The van der Waals surface area contributed by atoms with Gasteiger partial charge in [0.05, 0.1) is 6.20 Å². The SMILES string of the molecule is CC.CC.CC.Cc1cnn(CCCCN)c1. The van der Waals surface area contributed by atoms with Crippen molar-refractivity contribution in [3.8, 4) is 0 Å². The molecule has 0 radical (unpaired) electrons. The average molecular weight is 243 g/mol. The summed E-state index contributed by atoms with van der Waals surface area (Å²) < 4.78 is 1.96. The average Bonchev–Trinajstić information content (AvgIpc) is 2.83. The zero-order valence-electron chi connectivity index (χ0n) is 13.0.